The molecule has 12 heteroatoms. The van der Waals surface area contributed by atoms with Crippen LogP contribution in [0.4, 0.5) is 0 Å². The average molecular weight is 862 g/mol. The van der Waals surface area contributed by atoms with E-state index in [9.17, 15) is 34.1 Å². The Bertz CT molecular complexity index is 1020. The summed E-state index contributed by atoms with van der Waals surface area (Å²) in [5.74, 6) is -2.35. The van der Waals surface area contributed by atoms with Crippen molar-refractivity contribution in [3.63, 3.8) is 0 Å². The zero-order valence-corrected chi connectivity index (χ0v) is 39.0. The van der Waals surface area contributed by atoms with Crippen molar-refractivity contribution in [3.05, 3.63) is 0 Å². The molecule has 0 saturated carbocycles. The third-order valence-corrected chi connectivity index (χ3v) is 12.1. The number of hydrogen-bond donors (Lipinski definition) is 4. The number of nitrogens with one attached hydrogen (secondary N) is 1. The molecule has 350 valence electrons. The molecule has 0 rings (SSSR count). The van der Waals surface area contributed by atoms with E-state index in [4.69, 9.17) is 13.8 Å². The van der Waals surface area contributed by atoms with Crippen molar-refractivity contribution >= 4 is 25.7 Å². The van der Waals surface area contributed by atoms with Gasteiger partial charge < -0.3 is 25.2 Å². The number of rotatable bonds is 47. The zero-order chi connectivity index (χ0) is 43.5. The van der Waals surface area contributed by atoms with Crippen molar-refractivity contribution in [1.82, 2.24) is 5.32 Å². The van der Waals surface area contributed by atoms with Crippen LogP contribution in [0.25, 0.3) is 0 Å². The minimum Gasteiger partial charge on any atom is -0.480 e. The maximum absolute atomic E-state index is 12.4. The van der Waals surface area contributed by atoms with Gasteiger partial charge in [0.1, 0.15) is 12.7 Å². The van der Waals surface area contributed by atoms with Gasteiger partial charge >= 0.3 is 19.8 Å². The third kappa shape index (κ3) is 42.9. The van der Waals surface area contributed by atoms with Gasteiger partial charge in [0, 0.05) is 12.8 Å². The number of phosphoric ester groups is 1. The van der Waals surface area contributed by atoms with Gasteiger partial charge in [-0.25, -0.2) is 9.36 Å². The van der Waals surface area contributed by atoms with E-state index < -0.39 is 57.6 Å². The lowest BCUT2D eigenvalue weighted by molar-refractivity contribution is -0.147. The molecule has 0 radical (unpaired) electrons. The smallest absolute Gasteiger partial charge is 0.472 e. The number of carboxylic acid groups (broad SMARTS) is 1. The maximum Gasteiger partial charge on any atom is 0.472 e. The number of amides is 1. The van der Waals surface area contributed by atoms with Gasteiger partial charge in [-0.05, 0) is 12.8 Å². The normalized spacial score (nSPS) is 13.6. The van der Waals surface area contributed by atoms with Crippen LogP contribution in [0.5, 0.6) is 0 Å². The van der Waals surface area contributed by atoms with E-state index in [1.807, 2.05) is 0 Å². The number of carbonyl (C=O) groups excluding carboxylic acids is 2. The molecule has 4 N–H and O–H groups in total. The average Bonchev–Trinajstić information content (AvgIpc) is 3.21. The van der Waals surface area contributed by atoms with Crippen molar-refractivity contribution < 1.29 is 47.8 Å². The summed E-state index contributed by atoms with van der Waals surface area (Å²) < 4.78 is 26.9. The highest BCUT2D eigenvalue weighted by Crippen LogP contribution is 2.43. The Morgan fingerprint density at radius 3 is 1.12 bits per heavy atom. The number of aliphatic hydroxyl groups excluding tert-OH is 1. The lowest BCUT2D eigenvalue weighted by atomic mass is 10.0. The summed E-state index contributed by atoms with van der Waals surface area (Å²) in [5, 5.41) is 21.9. The van der Waals surface area contributed by atoms with Gasteiger partial charge in [-0.2, -0.15) is 0 Å². The number of esters is 1. The van der Waals surface area contributed by atoms with Gasteiger partial charge in [0.25, 0.3) is 0 Å². The van der Waals surface area contributed by atoms with E-state index in [1.165, 1.54) is 173 Å². The minimum absolute atomic E-state index is 0.153. The number of unbranched alkanes of at least 4 members (excludes halogenated alkanes) is 33. The molecule has 0 aliphatic heterocycles. The molecular formula is C47H92NO10P. The van der Waals surface area contributed by atoms with E-state index in [-0.39, 0.29) is 12.8 Å². The quantitative estimate of drug-likeness (QED) is 0.0262. The predicted octanol–water partition coefficient (Wildman–Crippen LogP) is 13.1. The zero-order valence-electron chi connectivity index (χ0n) is 38.1. The molecule has 0 aromatic carbocycles. The monoisotopic (exact) mass is 862 g/mol. The molecule has 3 atom stereocenters. The van der Waals surface area contributed by atoms with Crippen molar-refractivity contribution in [3.8, 4) is 0 Å². The maximum atomic E-state index is 12.4. The Hall–Kier alpha value is -1.52. The molecule has 0 aliphatic rings. The largest absolute Gasteiger partial charge is 0.480 e. The van der Waals surface area contributed by atoms with E-state index in [1.54, 1.807) is 0 Å². The summed E-state index contributed by atoms with van der Waals surface area (Å²) in [7, 11) is -4.75. The Kier molecular flexibility index (Phi) is 42.0. The molecule has 0 spiro atoms. The fourth-order valence-corrected chi connectivity index (χ4v) is 8.09. The van der Waals surface area contributed by atoms with E-state index >= 15 is 0 Å². The van der Waals surface area contributed by atoms with Crippen molar-refractivity contribution in [2.24, 2.45) is 0 Å². The Morgan fingerprint density at radius 1 is 0.475 bits per heavy atom. The molecular weight excluding hydrogens is 769 g/mol. The molecule has 59 heavy (non-hydrogen) atoms. The highest BCUT2D eigenvalue weighted by atomic mass is 31.2. The second-order valence-electron chi connectivity index (χ2n) is 17.0. The van der Waals surface area contributed by atoms with E-state index in [2.05, 4.69) is 19.2 Å². The predicted molar refractivity (Wildman–Crippen MR) is 240 cm³/mol. The number of carboxylic acids is 1. The molecule has 0 aliphatic carbocycles. The van der Waals surface area contributed by atoms with Gasteiger partial charge in [0.2, 0.25) is 5.91 Å². The lowest BCUT2D eigenvalue weighted by Gasteiger charge is -2.18. The first-order valence-corrected chi connectivity index (χ1v) is 26.1. The highest BCUT2D eigenvalue weighted by molar-refractivity contribution is 7.47. The van der Waals surface area contributed by atoms with Crippen LogP contribution >= 0.6 is 7.82 Å². The molecule has 11 nitrogen and oxygen atoms in total. The summed E-state index contributed by atoms with van der Waals surface area (Å²) in [4.78, 5) is 46.0. The van der Waals surface area contributed by atoms with Crippen molar-refractivity contribution in [2.75, 3.05) is 19.8 Å². The van der Waals surface area contributed by atoms with Gasteiger partial charge in [0.15, 0.2) is 6.04 Å². The van der Waals surface area contributed by atoms with Crippen LogP contribution in [0.2, 0.25) is 0 Å². The fourth-order valence-electron chi connectivity index (χ4n) is 7.32. The Morgan fingerprint density at radius 2 is 0.780 bits per heavy atom. The second-order valence-corrected chi connectivity index (χ2v) is 18.5. The first kappa shape index (κ1) is 57.5. The van der Waals surface area contributed by atoms with E-state index in [0.29, 0.717) is 12.8 Å². The fraction of sp³-hybridized carbons (Fsp3) is 0.936. The molecule has 0 aromatic rings. The molecule has 0 saturated heterocycles. The SMILES string of the molecule is CCCCCCCCCCCCCCCCCCCCCCCCCC(=O)NC(COP(=O)(O)OCC(O)COC(=O)CCCCCCCCCCCCCC)C(=O)O. The number of carbonyl (C=O) groups is 3. The summed E-state index contributed by atoms with van der Waals surface area (Å²) in [6.45, 7) is 2.63. The summed E-state index contributed by atoms with van der Waals surface area (Å²) in [5.41, 5.74) is 0. The number of ether oxygens (including phenoxy) is 1. The highest BCUT2D eigenvalue weighted by Gasteiger charge is 2.28. The molecule has 0 fully saturated rings. The van der Waals surface area contributed by atoms with Gasteiger partial charge in [-0.1, -0.05) is 226 Å². The van der Waals surface area contributed by atoms with Crippen LogP contribution in [0.3, 0.4) is 0 Å². The Balaban J connectivity index is 3.78. The van der Waals surface area contributed by atoms with Crippen LogP contribution in [0, 0.1) is 0 Å². The summed E-state index contributed by atoms with van der Waals surface area (Å²) in [6, 6.07) is -1.54. The second kappa shape index (κ2) is 43.1. The van der Waals surface area contributed by atoms with Crippen molar-refractivity contribution in [1.29, 1.82) is 0 Å². The molecule has 0 bridgehead atoms. The molecule has 3 unspecified atom stereocenters. The number of aliphatic carboxylic acids is 1. The Labute approximate surface area is 361 Å². The lowest BCUT2D eigenvalue weighted by Crippen LogP contribution is -2.43. The van der Waals surface area contributed by atoms with Gasteiger partial charge in [0.05, 0.1) is 13.2 Å². The third-order valence-electron chi connectivity index (χ3n) is 11.1. The van der Waals surface area contributed by atoms with Gasteiger partial charge in [-0.3, -0.25) is 18.6 Å². The van der Waals surface area contributed by atoms with Crippen LogP contribution in [0.15, 0.2) is 0 Å². The minimum atomic E-state index is -4.75. The van der Waals surface area contributed by atoms with Crippen LogP contribution in [0.1, 0.15) is 251 Å². The topological polar surface area (TPSA) is 169 Å². The number of aliphatic hydroxyl groups is 1. The van der Waals surface area contributed by atoms with Crippen LogP contribution in [-0.4, -0.2) is 64.9 Å². The van der Waals surface area contributed by atoms with Crippen LogP contribution < -0.4 is 5.32 Å². The van der Waals surface area contributed by atoms with Crippen molar-refractivity contribution in [2.45, 2.75) is 264 Å². The molecule has 0 heterocycles. The standard InChI is InChI=1S/C47H92NO10P/c1-3-5-7-9-11-13-15-17-18-19-20-21-22-23-24-25-26-27-28-30-32-34-36-38-45(50)48-44(47(52)53)42-58-59(54,55)57-41-43(49)40-56-46(51)39-37-35-33-31-29-16-14-12-10-8-6-4-2/h43-44,49H,3-42H2,1-2H3,(H,48,50)(H,52,53)(H,54,55). The van der Waals surface area contributed by atoms with Crippen LogP contribution in [-0.2, 0) is 32.7 Å². The number of hydrogen-bond acceptors (Lipinski definition) is 8. The first-order chi connectivity index (χ1) is 28.6. The first-order valence-electron chi connectivity index (χ1n) is 24.6. The summed E-state index contributed by atoms with van der Waals surface area (Å²) in [6.07, 6.45) is 42.8. The summed E-state index contributed by atoms with van der Waals surface area (Å²) >= 11 is 0. The molecule has 1 amide bonds. The molecule has 0 aromatic heterocycles. The number of phosphoric acid groups is 1. The van der Waals surface area contributed by atoms with Gasteiger partial charge in [-0.15, -0.1) is 0 Å². The van der Waals surface area contributed by atoms with E-state index in [0.717, 1.165) is 38.5 Å².